The molecule has 0 saturated carbocycles. The van der Waals surface area contributed by atoms with Crippen LogP contribution in [0.2, 0.25) is 0 Å². The molecule has 0 aliphatic rings. The molecule has 0 spiro atoms. The molecule has 0 aromatic heterocycles. The molecule has 1 aromatic rings. The molecule has 0 amide bonds. The predicted octanol–water partition coefficient (Wildman–Crippen LogP) is 1.18. The number of aryl methyl sites for hydroxylation is 1. The lowest BCUT2D eigenvalue weighted by atomic mass is 10.2. The minimum Gasteiger partial charge on any atom is -0.320 e. The fraction of sp³-hybridized carbons (Fsp3) is 0.500. The van der Waals surface area contributed by atoms with Crippen LogP contribution in [-0.4, -0.2) is 34.3 Å². The van der Waals surface area contributed by atoms with E-state index < -0.39 is 10.0 Å². The van der Waals surface area contributed by atoms with Crippen LogP contribution in [0.3, 0.4) is 0 Å². The van der Waals surface area contributed by atoms with Gasteiger partial charge in [-0.05, 0) is 32.0 Å². The van der Waals surface area contributed by atoms with Gasteiger partial charge in [0.05, 0.1) is 5.75 Å². The summed E-state index contributed by atoms with van der Waals surface area (Å²) in [5.74, 6) is 0.149. The van der Waals surface area contributed by atoms with Crippen LogP contribution in [0.5, 0.6) is 0 Å². The first-order valence-corrected chi connectivity index (χ1v) is 7.45. The average molecular weight is 293 g/mol. The number of halogens is 1. The van der Waals surface area contributed by atoms with Crippen LogP contribution in [0.15, 0.2) is 30.3 Å². The third-order valence-corrected chi connectivity index (χ3v) is 3.81. The van der Waals surface area contributed by atoms with E-state index in [4.69, 9.17) is 0 Å². The lowest BCUT2D eigenvalue weighted by Crippen LogP contribution is -2.29. The van der Waals surface area contributed by atoms with E-state index in [0.29, 0.717) is 13.0 Å². The fourth-order valence-corrected chi connectivity index (χ4v) is 2.57. The standard InChI is InChI=1S/C12H20N2O2S.ClH/c1-13-9-5-10-14-17(15,16)11-8-12-6-3-2-4-7-12;/h2-4,6-7,13-14H,5,8-11H2,1H3;1H. The van der Waals surface area contributed by atoms with Crippen molar-refractivity contribution in [1.29, 1.82) is 0 Å². The highest BCUT2D eigenvalue weighted by Gasteiger charge is 2.08. The first-order valence-electron chi connectivity index (χ1n) is 5.80. The second-order valence-corrected chi connectivity index (χ2v) is 5.83. The van der Waals surface area contributed by atoms with Gasteiger partial charge >= 0.3 is 0 Å². The van der Waals surface area contributed by atoms with Crippen LogP contribution in [0, 0.1) is 0 Å². The van der Waals surface area contributed by atoms with Gasteiger partial charge in [0.2, 0.25) is 10.0 Å². The Labute approximate surface area is 116 Å². The van der Waals surface area contributed by atoms with E-state index >= 15 is 0 Å². The summed E-state index contributed by atoms with van der Waals surface area (Å²) in [6.45, 7) is 1.32. The maximum atomic E-state index is 11.6. The van der Waals surface area contributed by atoms with Crippen molar-refractivity contribution in [2.75, 3.05) is 25.9 Å². The van der Waals surface area contributed by atoms with Crippen molar-refractivity contribution in [2.45, 2.75) is 12.8 Å². The maximum absolute atomic E-state index is 11.6. The molecule has 0 fully saturated rings. The Morgan fingerprint density at radius 2 is 1.78 bits per heavy atom. The summed E-state index contributed by atoms with van der Waals surface area (Å²) >= 11 is 0. The lowest BCUT2D eigenvalue weighted by Gasteiger charge is -2.06. The van der Waals surface area contributed by atoms with Crippen molar-refractivity contribution >= 4 is 22.4 Å². The highest BCUT2D eigenvalue weighted by Crippen LogP contribution is 2.01. The summed E-state index contributed by atoms with van der Waals surface area (Å²) in [5.41, 5.74) is 1.05. The smallest absolute Gasteiger partial charge is 0.211 e. The molecule has 1 aromatic carbocycles. The van der Waals surface area contributed by atoms with Crippen molar-refractivity contribution in [3.8, 4) is 0 Å². The zero-order chi connectivity index (χ0) is 12.6. The van der Waals surface area contributed by atoms with E-state index in [2.05, 4.69) is 10.0 Å². The van der Waals surface area contributed by atoms with Crippen molar-refractivity contribution in [3.63, 3.8) is 0 Å². The van der Waals surface area contributed by atoms with Crippen LogP contribution >= 0.6 is 12.4 Å². The lowest BCUT2D eigenvalue weighted by molar-refractivity contribution is 0.576. The van der Waals surface area contributed by atoms with Crippen molar-refractivity contribution in [1.82, 2.24) is 10.0 Å². The third kappa shape index (κ3) is 7.66. The zero-order valence-electron chi connectivity index (χ0n) is 10.6. The summed E-state index contributed by atoms with van der Waals surface area (Å²) in [4.78, 5) is 0. The first-order chi connectivity index (χ1) is 8.14. The van der Waals surface area contributed by atoms with Crippen molar-refractivity contribution in [2.24, 2.45) is 0 Å². The largest absolute Gasteiger partial charge is 0.320 e. The molecule has 0 aliphatic carbocycles. The van der Waals surface area contributed by atoms with Gasteiger partial charge in [0, 0.05) is 6.54 Å². The van der Waals surface area contributed by atoms with E-state index in [1.54, 1.807) is 0 Å². The van der Waals surface area contributed by atoms with Gasteiger partial charge in [0.25, 0.3) is 0 Å². The zero-order valence-corrected chi connectivity index (χ0v) is 12.2. The van der Waals surface area contributed by atoms with Crippen LogP contribution in [0.1, 0.15) is 12.0 Å². The van der Waals surface area contributed by atoms with Gasteiger partial charge in [0.15, 0.2) is 0 Å². The molecular formula is C12H21ClN2O2S. The Morgan fingerprint density at radius 1 is 1.11 bits per heavy atom. The molecule has 0 unspecified atom stereocenters. The van der Waals surface area contributed by atoms with Gasteiger partial charge in [-0.25, -0.2) is 13.1 Å². The summed E-state index contributed by atoms with van der Waals surface area (Å²) in [5, 5.41) is 2.98. The van der Waals surface area contributed by atoms with E-state index in [1.807, 2.05) is 37.4 Å². The molecule has 0 saturated heterocycles. The molecular weight excluding hydrogens is 272 g/mol. The van der Waals surface area contributed by atoms with Gasteiger partial charge in [-0.15, -0.1) is 12.4 Å². The number of rotatable bonds is 8. The van der Waals surface area contributed by atoms with Gasteiger partial charge in [-0.3, -0.25) is 0 Å². The van der Waals surface area contributed by atoms with Gasteiger partial charge in [-0.1, -0.05) is 30.3 Å². The molecule has 6 heteroatoms. The van der Waals surface area contributed by atoms with E-state index in [9.17, 15) is 8.42 Å². The normalized spacial score (nSPS) is 10.9. The number of hydrogen-bond donors (Lipinski definition) is 2. The van der Waals surface area contributed by atoms with Gasteiger partial charge in [-0.2, -0.15) is 0 Å². The second kappa shape index (κ2) is 9.33. The molecule has 4 nitrogen and oxygen atoms in total. The SMILES string of the molecule is CNCCCNS(=O)(=O)CCc1ccccc1.Cl. The van der Waals surface area contributed by atoms with Crippen LogP contribution in [0.25, 0.3) is 0 Å². The number of benzene rings is 1. The van der Waals surface area contributed by atoms with Crippen molar-refractivity contribution in [3.05, 3.63) is 35.9 Å². The average Bonchev–Trinajstić information content (AvgIpc) is 2.34. The minimum atomic E-state index is -3.14. The Bertz CT molecular complexity index is 409. The number of nitrogens with one attached hydrogen (secondary N) is 2. The molecule has 0 bridgehead atoms. The Morgan fingerprint density at radius 3 is 2.39 bits per heavy atom. The summed E-state index contributed by atoms with van der Waals surface area (Å²) < 4.78 is 25.9. The van der Waals surface area contributed by atoms with E-state index in [1.165, 1.54) is 0 Å². The van der Waals surface area contributed by atoms with E-state index in [0.717, 1.165) is 18.5 Å². The summed E-state index contributed by atoms with van der Waals surface area (Å²) in [7, 11) is -1.29. The molecule has 0 radical (unpaired) electrons. The highest BCUT2D eigenvalue weighted by atomic mass is 35.5. The van der Waals surface area contributed by atoms with Crippen LogP contribution in [-0.2, 0) is 16.4 Å². The molecule has 0 aliphatic heterocycles. The monoisotopic (exact) mass is 292 g/mol. The Hall–Kier alpha value is -0.620. The van der Waals surface area contributed by atoms with Crippen LogP contribution < -0.4 is 10.0 Å². The van der Waals surface area contributed by atoms with E-state index in [-0.39, 0.29) is 18.2 Å². The van der Waals surface area contributed by atoms with Crippen molar-refractivity contribution < 1.29 is 8.42 Å². The number of sulfonamides is 1. The molecule has 18 heavy (non-hydrogen) atoms. The highest BCUT2D eigenvalue weighted by molar-refractivity contribution is 7.89. The topological polar surface area (TPSA) is 58.2 Å². The maximum Gasteiger partial charge on any atom is 0.211 e. The molecule has 0 heterocycles. The Kier molecular flexibility index (Phi) is 9.01. The summed E-state index contributed by atoms with van der Waals surface area (Å²) in [6, 6.07) is 9.64. The molecule has 0 atom stereocenters. The summed E-state index contributed by atoms with van der Waals surface area (Å²) in [6.07, 6.45) is 1.36. The minimum absolute atomic E-state index is 0. The number of hydrogen-bond acceptors (Lipinski definition) is 3. The third-order valence-electron chi connectivity index (χ3n) is 2.43. The Balaban J connectivity index is 0.00000289. The van der Waals surface area contributed by atoms with Gasteiger partial charge < -0.3 is 5.32 Å². The predicted molar refractivity (Wildman–Crippen MR) is 77.7 cm³/mol. The van der Waals surface area contributed by atoms with Crippen LogP contribution in [0.4, 0.5) is 0 Å². The molecule has 1 rings (SSSR count). The fourth-order valence-electron chi connectivity index (χ4n) is 1.46. The molecule has 2 N–H and O–H groups in total. The second-order valence-electron chi connectivity index (χ2n) is 3.91. The first kappa shape index (κ1) is 17.4. The van der Waals surface area contributed by atoms with Gasteiger partial charge in [0.1, 0.15) is 0 Å². The molecule has 104 valence electrons. The quantitative estimate of drug-likeness (QED) is 0.708.